The molecular weight excluding hydrogens is 276 g/mol. The summed E-state index contributed by atoms with van der Waals surface area (Å²) in [7, 11) is -1.28. The molecule has 1 aromatic carbocycles. The number of benzene rings is 1. The maximum atomic E-state index is 5.94. The van der Waals surface area contributed by atoms with Gasteiger partial charge >= 0.3 is 0 Å². The Hall–Kier alpha value is -0.183. The van der Waals surface area contributed by atoms with Crippen LogP contribution in [0.15, 0.2) is 41.8 Å². The molecule has 1 unspecified atom stereocenters. The van der Waals surface area contributed by atoms with E-state index in [0.717, 1.165) is 5.02 Å². The molecule has 0 nitrogen and oxygen atoms in total. The lowest BCUT2D eigenvalue weighted by atomic mass is 9.97. The normalized spacial score (nSPS) is 14.3. The smallest absolute Gasteiger partial charge is 0.0602 e. The molecule has 0 bridgehead atoms. The Morgan fingerprint density at radius 1 is 1.22 bits per heavy atom. The zero-order valence-electron chi connectivity index (χ0n) is 12.0. The van der Waals surface area contributed by atoms with Crippen LogP contribution in [-0.2, 0) is 0 Å². The van der Waals surface area contributed by atoms with Crippen molar-refractivity contribution >= 4 is 31.4 Å². The van der Waals surface area contributed by atoms with Gasteiger partial charge < -0.3 is 0 Å². The van der Waals surface area contributed by atoms with Gasteiger partial charge in [0.1, 0.15) is 0 Å². The SMILES string of the molecule is C=CC(C)(C)C(Sc1ccc(Cl)cc1)[Si](C)(C)C. The highest BCUT2D eigenvalue weighted by atomic mass is 35.5. The van der Waals surface area contributed by atoms with E-state index in [1.807, 2.05) is 23.9 Å². The summed E-state index contributed by atoms with van der Waals surface area (Å²) in [5, 5.41) is 0.798. The van der Waals surface area contributed by atoms with Gasteiger partial charge in [-0.3, -0.25) is 0 Å². The number of hydrogen-bond acceptors (Lipinski definition) is 1. The zero-order valence-corrected chi connectivity index (χ0v) is 14.5. The van der Waals surface area contributed by atoms with E-state index in [4.69, 9.17) is 11.6 Å². The highest BCUT2D eigenvalue weighted by Crippen LogP contribution is 2.41. The van der Waals surface area contributed by atoms with Crippen LogP contribution in [0.2, 0.25) is 24.7 Å². The minimum absolute atomic E-state index is 0.148. The molecule has 0 spiro atoms. The van der Waals surface area contributed by atoms with Crippen LogP contribution in [0.3, 0.4) is 0 Å². The fourth-order valence-electron chi connectivity index (χ4n) is 2.20. The van der Waals surface area contributed by atoms with Gasteiger partial charge in [-0.05, 0) is 29.7 Å². The average molecular weight is 299 g/mol. The van der Waals surface area contributed by atoms with Gasteiger partial charge in [0.25, 0.3) is 0 Å². The summed E-state index contributed by atoms with van der Waals surface area (Å²) in [4.78, 5) is 1.89. The van der Waals surface area contributed by atoms with Gasteiger partial charge in [-0.25, -0.2) is 0 Å². The van der Waals surface area contributed by atoms with Crippen molar-refractivity contribution in [2.24, 2.45) is 5.41 Å². The largest absolute Gasteiger partial charge is 0.125 e. The molecule has 0 aliphatic heterocycles. The lowest BCUT2D eigenvalue weighted by Gasteiger charge is -2.39. The quantitative estimate of drug-likeness (QED) is 0.371. The van der Waals surface area contributed by atoms with E-state index in [1.165, 1.54) is 4.90 Å². The van der Waals surface area contributed by atoms with Crippen LogP contribution >= 0.6 is 23.4 Å². The van der Waals surface area contributed by atoms with E-state index in [-0.39, 0.29) is 5.41 Å². The fraction of sp³-hybridized carbons (Fsp3) is 0.467. The fourth-order valence-corrected chi connectivity index (χ4v) is 7.46. The van der Waals surface area contributed by atoms with Gasteiger partial charge in [0.2, 0.25) is 0 Å². The van der Waals surface area contributed by atoms with Crippen molar-refractivity contribution in [3.63, 3.8) is 0 Å². The number of rotatable bonds is 5. The standard InChI is InChI=1S/C15H23ClSSi/c1-7-15(2,3)14(18(4,5)6)17-13-10-8-12(16)9-11-13/h7-11,14H,1H2,2-6H3. The van der Waals surface area contributed by atoms with Crippen LogP contribution in [0.1, 0.15) is 13.8 Å². The second-order valence-corrected chi connectivity index (χ2v) is 13.7. The molecule has 0 aromatic heterocycles. The third-order valence-electron chi connectivity index (χ3n) is 3.06. The number of hydrogen-bond donors (Lipinski definition) is 0. The molecule has 0 aliphatic rings. The van der Waals surface area contributed by atoms with Crippen LogP contribution in [0, 0.1) is 5.41 Å². The molecule has 0 amide bonds. The topological polar surface area (TPSA) is 0 Å². The Morgan fingerprint density at radius 3 is 2.11 bits per heavy atom. The lowest BCUT2D eigenvalue weighted by Crippen LogP contribution is -2.45. The molecule has 0 saturated carbocycles. The highest BCUT2D eigenvalue weighted by Gasteiger charge is 2.38. The van der Waals surface area contributed by atoms with Gasteiger partial charge in [0, 0.05) is 14.8 Å². The summed E-state index contributed by atoms with van der Waals surface area (Å²) in [5.41, 5.74) is 0.148. The maximum Gasteiger partial charge on any atom is 0.0602 e. The van der Waals surface area contributed by atoms with Crippen molar-refractivity contribution in [3.05, 3.63) is 41.9 Å². The molecule has 0 saturated heterocycles. The molecule has 0 N–H and O–H groups in total. The third kappa shape index (κ3) is 4.18. The summed E-state index contributed by atoms with van der Waals surface area (Å²) < 4.78 is 0. The molecule has 1 aromatic rings. The van der Waals surface area contributed by atoms with Crippen molar-refractivity contribution in [2.45, 2.75) is 43.3 Å². The van der Waals surface area contributed by atoms with Crippen molar-refractivity contribution in [2.75, 3.05) is 0 Å². The summed E-state index contributed by atoms with van der Waals surface area (Å²) in [5.74, 6) is 0. The van der Waals surface area contributed by atoms with E-state index in [2.05, 4.69) is 58.3 Å². The second-order valence-electron chi connectivity index (χ2n) is 6.34. The minimum Gasteiger partial charge on any atom is -0.125 e. The molecule has 0 fully saturated rings. The predicted octanol–water partition coefficient (Wildman–Crippen LogP) is 5.89. The summed E-state index contributed by atoms with van der Waals surface area (Å²) in [6.07, 6.45) is 2.10. The van der Waals surface area contributed by atoms with Crippen molar-refractivity contribution in [1.29, 1.82) is 0 Å². The van der Waals surface area contributed by atoms with Gasteiger partial charge in [0.05, 0.1) is 8.07 Å². The zero-order chi connectivity index (χ0) is 14.0. The van der Waals surface area contributed by atoms with Crippen LogP contribution in [0.5, 0.6) is 0 Å². The Bertz CT molecular complexity index is 403. The van der Waals surface area contributed by atoms with E-state index in [1.54, 1.807) is 0 Å². The molecule has 3 heteroatoms. The maximum absolute atomic E-state index is 5.94. The van der Waals surface area contributed by atoms with Gasteiger partial charge in [-0.1, -0.05) is 51.2 Å². The van der Waals surface area contributed by atoms with Crippen molar-refractivity contribution in [3.8, 4) is 0 Å². The Morgan fingerprint density at radius 2 is 1.72 bits per heavy atom. The molecular formula is C15H23ClSSi. The third-order valence-corrected chi connectivity index (χ3v) is 9.49. The predicted molar refractivity (Wildman–Crippen MR) is 88.4 cm³/mol. The van der Waals surface area contributed by atoms with E-state index in [0.29, 0.717) is 4.87 Å². The molecule has 1 rings (SSSR count). The van der Waals surface area contributed by atoms with E-state index < -0.39 is 8.07 Å². The first kappa shape index (κ1) is 15.9. The Labute approximate surface area is 122 Å². The summed E-state index contributed by atoms with van der Waals surface area (Å²) in [6.45, 7) is 15.8. The first-order valence-corrected chi connectivity index (χ1v) is 11.1. The van der Waals surface area contributed by atoms with Crippen molar-refractivity contribution in [1.82, 2.24) is 0 Å². The van der Waals surface area contributed by atoms with Crippen LogP contribution in [-0.4, -0.2) is 12.9 Å². The molecule has 0 aliphatic carbocycles. The van der Waals surface area contributed by atoms with Crippen LogP contribution in [0.25, 0.3) is 0 Å². The van der Waals surface area contributed by atoms with Crippen LogP contribution < -0.4 is 0 Å². The van der Waals surface area contributed by atoms with Gasteiger partial charge in [0.15, 0.2) is 0 Å². The lowest BCUT2D eigenvalue weighted by molar-refractivity contribution is 0.518. The molecule has 0 radical (unpaired) electrons. The number of allylic oxidation sites excluding steroid dienone is 1. The number of halogens is 1. The highest BCUT2D eigenvalue weighted by molar-refractivity contribution is 8.01. The van der Waals surface area contributed by atoms with Gasteiger partial charge in [-0.15, -0.1) is 18.3 Å². The van der Waals surface area contributed by atoms with E-state index in [9.17, 15) is 0 Å². The number of thioether (sulfide) groups is 1. The second kappa shape index (κ2) is 5.85. The molecule has 18 heavy (non-hydrogen) atoms. The van der Waals surface area contributed by atoms with Crippen molar-refractivity contribution < 1.29 is 0 Å². The molecule has 0 heterocycles. The summed E-state index contributed by atoms with van der Waals surface area (Å²) >= 11 is 7.91. The minimum atomic E-state index is -1.28. The Balaban J connectivity index is 3.00. The van der Waals surface area contributed by atoms with Crippen LogP contribution in [0.4, 0.5) is 0 Å². The van der Waals surface area contributed by atoms with Gasteiger partial charge in [-0.2, -0.15) is 0 Å². The first-order chi connectivity index (χ1) is 8.16. The first-order valence-electron chi connectivity index (χ1n) is 6.22. The molecule has 1 atom stereocenters. The summed E-state index contributed by atoms with van der Waals surface area (Å²) in [6, 6.07) is 8.15. The Kier molecular flexibility index (Phi) is 5.16. The monoisotopic (exact) mass is 298 g/mol. The molecule has 100 valence electrons. The average Bonchev–Trinajstić information content (AvgIpc) is 2.26. The van der Waals surface area contributed by atoms with E-state index >= 15 is 0 Å².